The molecule has 0 radical (unpaired) electrons. The third-order valence-electron chi connectivity index (χ3n) is 14.7. The maximum absolute atomic E-state index is 15.4. The number of oxime groups is 1. The number of nitrogens with zero attached hydrogens (tertiary/aromatic N) is 2. The fourth-order valence-electron chi connectivity index (χ4n) is 11.4. The molecule has 2 heterocycles. The van der Waals surface area contributed by atoms with Gasteiger partial charge in [-0.15, -0.1) is 6.58 Å². The zero-order valence-corrected chi connectivity index (χ0v) is 42.1. The van der Waals surface area contributed by atoms with Crippen molar-refractivity contribution in [3.63, 3.8) is 0 Å². The Morgan fingerprint density at radius 2 is 1.65 bits per heavy atom. The largest absolute Gasteiger partial charge is 0.497 e. The number of fused-ring (bicyclic) bond motifs is 3. The highest BCUT2D eigenvalue weighted by Gasteiger charge is 2.65. The molecule has 3 N–H and O–H groups in total. The van der Waals surface area contributed by atoms with Gasteiger partial charge in [-0.2, -0.15) is 0 Å². The molecule has 0 spiro atoms. The third kappa shape index (κ3) is 11.8. The van der Waals surface area contributed by atoms with E-state index in [1.807, 2.05) is 56.0 Å². The first-order valence-electron chi connectivity index (χ1n) is 25.5. The number of amides is 2. The molecule has 8 rings (SSSR count). The molecule has 15 heteroatoms. The Hall–Kier alpha value is -5.77. The van der Waals surface area contributed by atoms with Gasteiger partial charge < -0.3 is 53.1 Å². The van der Waals surface area contributed by atoms with E-state index in [2.05, 4.69) is 18.0 Å². The molecule has 15 nitrogen and oxygen atoms in total. The van der Waals surface area contributed by atoms with Crippen LogP contribution in [0.2, 0.25) is 0 Å². The number of nitrogens with one attached hydrogen (secondary N) is 1. The molecular weight excluding hydrogens is 907 g/mol. The molecule has 2 saturated carbocycles. The smallest absolute Gasteiger partial charge is 0.417 e. The lowest BCUT2D eigenvalue weighted by molar-refractivity contribution is -0.258. The van der Waals surface area contributed by atoms with Gasteiger partial charge in [-0.1, -0.05) is 61.9 Å². The van der Waals surface area contributed by atoms with Crippen molar-refractivity contribution in [2.75, 3.05) is 46.1 Å². The van der Waals surface area contributed by atoms with Crippen LogP contribution in [0.15, 0.2) is 84.1 Å². The van der Waals surface area contributed by atoms with E-state index >= 15 is 4.79 Å². The Balaban J connectivity index is 1.29. The number of rotatable bonds is 22. The number of benzene rings is 3. The molecule has 384 valence electrons. The van der Waals surface area contributed by atoms with E-state index in [4.69, 9.17) is 43.2 Å². The van der Waals surface area contributed by atoms with Gasteiger partial charge in [0.15, 0.2) is 11.5 Å². The molecular formula is C56H73N3O12. The standard InChI is InChI=1S/C56H73N3O12/c1-7-28-68-56-50(59(51(62)25-19-36-14-8-9-15-36)34-37-18-23-47-49(29-37)67-35-66-47)33-45(58-71-55(2,3)4)42-30-38(16-10-12-26-60)41(17-11-13-27-61)52(53(42)56)43-31-40(21-24-46(43)70-56)69-54(63)57-44-22-20-39(64-5)32-48(44)65-6/h7,18,20-24,29-32,36,38,41,50,52-53,60-61H,1,8-17,19,25-28,33-35H2,2-6H3,(H,57,63)/t38-,41+,50-,52+,53+,56+/m0/s1. The highest BCUT2D eigenvalue weighted by molar-refractivity contribution is 6.03. The van der Waals surface area contributed by atoms with Crippen LogP contribution < -0.4 is 33.7 Å². The van der Waals surface area contributed by atoms with Crippen molar-refractivity contribution in [3.05, 3.63) is 90.0 Å². The van der Waals surface area contributed by atoms with Crippen molar-refractivity contribution in [1.29, 1.82) is 0 Å². The second kappa shape index (κ2) is 23.2. The van der Waals surface area contributed by atoms with Gasteiger partial charge >= 0.3 is 6.09 Å². The van der Waals surface area contributed by atoms with E-state index in [0.717, 1.165) is 61.6 Å². The third-order valence-corrected chi connectivity index (χ3v) is 14.7. The van der Waals surface area contributed by atoms with Gasteiger partial charge in [-0.25, -0.2) is 4.79 Å². The Labute approximate surface area is 418 Å². The Bertz CT molecular complexity index is 2410. The van der Waals surface area contributed by atoms with E-state index in [0.29, 0.717) is 71.1 Å². The average molecular weight is 980 g/mol. The summed E-state index contributed by atoms with van der Waals surface area (Å²) in [5.74, 6) is 1.14. The Morgan fingerprint density at radius 1 is 0.901 bits per heavy atom. The number of aliphatic hydroxyl groups excluding tert-OH is 2. The quantitative estimate of drug-likeness (QED) is 0.0494. The van der Waals surface area contributed by atoms with Gasteiger partial charge in [0.1, 0.15) is 34.6 Å². The molecule has 2 fully saturated rings. The van der Waals surface area contributed by atoms with Crippen molar-refractivity contribution in [2.24, 2.45) is 28.8 Å². The Morgan fingerprint density at radius 3 is 2.38 bits per heavy atom. The lowest BCUT2D eigenvalue weighted by atomic mass is 9.55. The van der Waals surface area contributed by atoms with Gasteiger partial charge in [0, 0.05) is 50.1 Å². The summed E-state index contributed by atoms with van der Waals surface area (Å²) in [4.78, 5) is 37.4. The number of allylic oxidation sites excluding steroid dienone is 1. The first-order chi connectivity index (χ1) is 34.4. The van der Waals surface area contributed by atoms with Crippen LogP contribution >= 0.6 is 0 Å². The van der Waals surface area contributed by atoms with E-state index in [1.165, 1.54) is 20.0 Å². The molecule has 2 aliphatic heterocycles. The Kier molecular flexibility index (Phi) is 16.8. The molecule has 3 aliphatic carbocycles. The van der Waals surface area contributed by atoms with Crippen LogP contribution in [-0.4, -0.2) is 91.1 Å². The van der Waals surface area contributed by atoms with Crippen LogP contribution in [0.3, 0.4) is 0 Å². The molecule has 0 bridgehead atoms. The van der Waals surface area contributed by atoms with Crippen molar-refractivity contribution in [2.45, 2.75) is 134 Å². The van der Waals surface area contributed by atoms with Crippen molar-refractivity contribution in [1.82, 2.24) is 4.90 Å². The second-order valence-corrected chi connectivity index (χ2v) is 20.5. The molecule has 3 aromatic rings. The minimum absolute atomic E-state index is 0.00382. The summed E-state index contributed by atoms with van der Waals surface area (Å²) in [5.41, 5.74) is 3.06. The number of methoxy groups -OCH3 is 2. The molecule has 0 saturated heterocycles. The lowest BCUT2D eigenvalue weighted by Gasteiger charge is -2.60. The molecule has 0 aromatic heterocycles. The molecule has 6 atom stereocenters. The number of aliphatic hydroxyl groups is 2. The highest BCUT2D eigenvalue weighted by atomic mass is 16.7. The summed E-state index contributed by atoms with van der Waals surface area (Å²) >= 11 is 0. The van der Waals surface area contributed by atoms with Crippen LogP contribution in [0.4, 0.5) is 10.5 Å². The molecule has 3 aromatic carbocycles. The van der Waals surface area contributed by atoms with Crippen LogP contribution in [0.1, 0.15) is 121 Å². The summed E-state index contributed by atoms with van der Waals surface area (Å²) in [7, 11) is 3.07. The van der Waals surface area contributed by atoms with Gasteiger partial charge in [0.2, 0.25) is 18.5 Å². The van der Waals surface area contributed by atoms with Crippen LogP contribution in [-0.2, 0) is 20.9 Å². The van der Waals surface area contributed by atoms with E-state index in [-0.39, 0.29) is 63.2 Å². The zero-order chi connectivity index (χ0) is 50.1. The summed E-state index contributed by atoms with van der Waals surface area (Å²) in [6.45, 7) is 10.6. The van der Waals surface area contributed by atoms with Crippen molar-refractivity contribution in [3.8, 4) is 34.5 Å². The number of anilines is 1. The predicted molar refractivity (Wildman–Crippen MR) is 269 cm³/mol. The molecule has 71 heavy (non-hydrogen) atoms. The van der Waals surface area contributed by atoms with Gasteiger partial charge in [0.25, 0.3) is 0 Å². The van der Waals surface area contributed by atoms with Gasteiger partial charge in [-0.3, -0.25) is 10.1 Å². The summed E-state index contributed by atoms with van der Waals surface area (Å²) in [6.07, 6.45) is 13.6. The maximum atomic E-state index is 15.4. The average Bonchev–Trinajstić information content (AvgIpc) is 4.07. The summed E-state index contributed by atoms with van der Waals surface area (Å²) in [6, 6.07) is 15.6. The predicted octanol–water partition coefficient (Wildman–Crippen LogP) is 10.5. The van der Waals surface area contributed by atoms with Crippen molar-refractivity contribution >= 4 is 23.4 Å². The number of carbonyl (C=O) groups excluding carboxylic acids is 2. The lowest BCUT2D eigenvalue weighted by Crippen LogP contribution is -2.70. The number of ether oxygens (including phenoxy) is 7. The monoisotopic (exact) mass is 980 g/mol. The van der Waals surface area contributed by atoms with E-state index < -0.39 is 29.4 Å². The molecule has 2 amide bonds. The van der Waals surface area contributed by atoms with E-state index in [9.17, 15) is 15.0 Å². The fourth-order valence-corrected chi connectivity index (χ4v) is 11.4. The topological polar surface area (TPSA) is 176 Å². The summed E-state index contributed by atoms with van der Waals surface area (Å²) < 4.78 is 43.3. The van der Waals surface area contributed by atoms with Gasteiger partial charge in [0.05, 0.1) is 38.1 Å². The normalized spacial score (nSPS) is 23.7. The van der Waals surface area contributed by atoms with Crippen LogP contribution in [0.25, 0.3) is 0 Å². The number of hydrogen-bond donors (Lipinski definition) is 3. The fraction of sp³-hybridized carbons (Fsp3) is 0.554. The number of carbonyl (C=O) groups is 2. The van der Waals surface area contributed by atoms with Crippen LogP contribution in [0.5, 0.6) is 34.5 Å². The summed E-state index contributed by atoms with van der Waals surface area (Å²) in [5, 5.41) is 28.0. The highest BCUT2D eigenvalue weighted by Crippen LogP contribution is 2.62. The van der Waals surface area contributed by atoms with Crippen molar-refractivity contribution < 1.29 is 57.8 Å². The first-order valence-corrected chi connectivity index (χ1v) is 25.5. The zero-order valence-electron chi connectivity index (χ0n) is 42.1. The second-order valence-electron chi connectivity index (χ2n) is 20.5. The van der Waals surface area contributed by atoms with Gasteiger partial charge in [-0.05, 0) is 124 Å². The number of hydrogen-bond acceptors (Lipinski definition) is 13. The minimum Gasteiger partial charge on any atom is -0.497 e. The maximum Gasteiger partial charge on any atom is 0.417 e. The SMILES string of the molecule is C=CCO[C@@]12Oc3ccc(OC(=O)Nc4ccc(OC)cc4OC)cc3[C@H]3[C@H](CCCCO)[C@@H](CCCCO)C=C(C(=NOC(C)(C)C)C[C@@H]1N(Cc1ccc4c(c1)OCO4)C(=O)CCC1CCCC1)[C@H]32. The minimum atomic E-state index is -1.48. The molecule has 0 unspecified atom stereocenters. The van der Waals surface area contributed by atoms with Crippen LogP contribution in [0, 0.1) is 23.7 Å². The number of unbranched alkanes of at least 4 members (excludes halogenated alkanes) is 2. The van der Waals surface area contributed by atoms with E-state index in [1.54, 1.807) is 37.5 Å². The first kappa shape index (κ1) is 51.6. The molecule has 5 aliphatic rings.